The average Bonchev–Trinajstić information content (AvgIpc) is 2.56. The van der Waals surface area contributed by atoms with E-state index in [1.54, 1.807) is 24.5 Å². The molecule has 0 fully saturated rings. The fourth-order valence-corrected chi connectivity index (χ4v) is 2.14. The third kappa shape index (κ3) is 2.98. The van der Waals surface area contributed by atoms with Crippen molar-refractivity contribution < 1.29 is 14.6 Å². The van der Waals surface area contributed by atoms with Gasteiger partial charge in [-0.25, -0.2) is 4.79 Å². The Morgan fingerprint density at radius 1 is 1.14 bits per heavy atom. The van der Waals surface area contributed by atoms with Crippen LogP contribution < -0.4 is 5.32 Å². The summed E-state index contributed by atoms with van der Waals surface area (Å²) in [4.78, 5) is 15.9. The second kappa shape index (κ2) is 6.13. The normalized spacial score (nSPS) is 10.4. The van der Waals surface area contributed by atoms with Crippen LogP contribution in [0.1, 0.15) is 5.56 Å². The second-order valence-electron chi connectivity index (χ2n) is 4.74. The van der Waals surface area contributed by atoms with E-state index in [1.165, 1.54) is 6.07 Å². The zero-order valence-electron chi connectivity index (χ0n) is 11.7. The molecule has 0 aliphatic heterocycles. The number of phenolic OH excluding ortho intramolecular Hbond substituents is 1. The van der Waals surface area contributed by atoms with Crippen LogP contribution >= 0.6 is 0 Å². The first-order chi connectivity index (χ1) is 10.7. The molecule has 0 aliphatic rings. The second-order valence-corrected chi connectivity index (χ2v) is 4.74. The largest absolute Gasteiger partial charge is 0.506 e. The molecule has 1 aromatic heterocycles. The Bertz CT molecular complexity index is 803. The predicted octanol–water partition coefficient (Wildman–Crippen LogP) is 3.69. The van der Waals surface area contributed by atoms with E-state index >= 15 is 0 Å². The number of rotatable bonds is 3. The summed E-state index contributed by atoms with van der Waals surface area (Å²) in [7, 11) is 0. The first-order valence-electron chi connectivity index (χ1n) is 6.77. The topological polar surface area (TPSA) is 71.5 Å². The van der Waals surface area contributed by atoms with Gasteiger partial charge < -0.3 is 9.84 Å². The minimum atomic E-state index is -0.629. The fourth-order valence-electron chi connectivity index (χ4n) is 2.14. The molecule has 1 heterocycles. The lowest BCUT2D eigenvalue weighted by Gasteiger charge is -2.11. The summed E-state index contributed by atoms with van der Waals surface area (Å²) in [6, 6.07) is 14.5. The number of benzene rings is 2. The maximum atomic E-state index is 11.9. The van der Waals surface area contributed by atoms with Crippen LogP contribution in [0.15, 0.2) is 60.9 Å². The Balaban J connectivity index is 1.75. The first-order valence-corrected chi connectivity index (χ1v) is 6.77. The highest BCUT2D eigenvalue weighted by molar-refractivity contribution is 6.02. The number of hydrogen-bond acceptors (Lipinski definition) is 4. The van der Waals surface area contributed by atoms with Crippen molar-refractivity contribution in [2.45, 2.75) is 6.61 Å². The van der Waals surface area contributed by atoms with Crippen molar-refractivity contribution >= 4 is 22.6 Å². The van der Waals surface area contributed by atoms with Gasteiger partial charge in [0, 0.05) is 17.8 Å². The van der Waals surface area contributed by atoms with Gasteiger partial charge in [0.05, 0.1) is 5.69 Å². The summed E-state index contributed by atoms with van der Waals surface area (Å²) in [6.07, 6.45) is 2.61. The lowest BCUT2D eigenvalue weighted by atomic mass is 10.1. The molecule has 2 aromatic carbocycles. The Morgan fingerprint density at radius 3 is 2.77 bits per heavy atom. The van der Waals surface area contributed by atoms with Crippen molar-refractivity contribution in [3.63, 3.8) is 0 Å². The smallest absolute Gasteiger partial charge is 0.412 e. The van der Waals surface area contributed by atoms with E-state index in [0.717, 1.165) is 10.9 Å². The predicted molar refractivity (Wildman–Crippen MR) is 83.7 cm³/mol. The molecule has 0 radical (unpaired) electrons. The molecule has 0 bridgehead atoms. The molecule has 5 heteroatoms. The van der Waals surface area contributed by atoms with Crippen LogP contribution in [-0.4, -0.2) is 16.2 Å². The molecular weight excluding hydrogens is 280 g/mol. The molecule has 3 aromatic rings. The van der Waals surface area contributed by atoms with Crippen LogP contribution in [0.5, 0.6) is 5.75 Å². The Morgan fingerprint density at radius 2 is 1.95 bits per heavy atom. The van der Waals surface area contributed by atoms with Gasteiger partial charge in [-0.1, -0.05) is 36.4 Å². The number of aromatic hydroxyl groups is 1. The summed E-state index contributed by atoms with van der Waals surface area (Å²) in [5.41, 5.74) is 1.19. The average molecular weight is 294 g/mol. The SMILES string of the molecule is O=C(Nc1c(O)ccc2ccncc12)OCc1ccccc1. The lowest BCUT2D eigenvalue weighted by molar-refractivity contribution is 0.155. The van der Waals surface area contributed by atoms with Gasteiger partial charge in [-0.2, -0.15) is 0 Å². The van der Waals surface area contributed by atoms with Gasteiger partial charge in [0.2, 0.25) is 0 Å². The minimum Gasteiger partial charge on any atom is -0.506 e. The van der Waals surface area contributed by atoms with Crippen molar-refractivity contribution in [2.24, 2.45) is 0 Å². The Hall–Kier alpha value is -3.08. The molecule has 0 aliphatic carbocycles. The number of pyridine rings is 1. The summed E-state index contributed by atoms with van der Waals surface area (Å²) < 4.78 is 5.15. The Kier molecular flexibility index (Phi) is 3.87. The van der Waals surface area contributed by atoms with Crippen molar-refractivity contribution in [3.8, 4) is 5.75 Å². The maximum absolute atomic E-state index is 11.9. The van der Waals surface area contributed by atoms with Gasteiger partial charge in [0.1, 0.15) is 12.4 Å². The monoisotopic (exact) mass is 294 g/mol. The molecule has 0 saturated heterocycles. The number of nitrogens with zero attached hydrogens (tertiary/aromatic N) is 1. The number of amides is 1. The standard InChI is InChI=1S/C17H14N2O3/c20-15-7-6-13-8-9-18-10-14(13)16(15)19-17(21)22-11-12-4-2-1-3-5-12/h1-10,20H,11H2,(H,19,21). The number of carbonyl (C=O) groups is 1. The van der Waals surface area contributed by atoms with E-state index < -0.39 is 6.09 Å². The van der Waals surface area contributed by atoms with Crippen LogP contribution in [-0.2, 0) is 11.3 Å². The molecule has 5 nitrogen and oxygen atoms in total. The van der Waals surface area contributed by atoms with E-state index in [0.29, 0.717) is 11.1 Å². The number of carbonyl (C=O) groups excluding carboxylic acids is 1. The van der Waals surface area contributed by atoms with E-state index in [-0.39, 0.29) is 12.4 Å². The molecule has 0 unspecified atom stereocenters. The third-order valence-electron chi connectivity index (χ3n) is 3.24. The van der Waals surface area contributed by atoms with Crippen molar-refractivity contribution in [1.82, 2.24) is 4.98 Å². The Labute approximate surface area is 127 Å². The van der Waals surface area contributed by atoms with Gasteiger partial charge in [-0.3, -0.25) is 10.3 Å². The van der Waals surface area contributed by atoms with Crippen molar-refractivity contribution in [1.29, 1.82) is 0 Å². The molecule has 110 valence electrons. The van der Waals surface area contributed by atoms with Crippen LogP contribution in [0.3, 0.4) is 0 Å². The zero-order chi connectivity index (χ0) is 15.4. The van der Waals surface area contributed by atoms with Crippen LogP contribution in [0.25, 0.3) is 10.8 Å². The molecular formula is C17H14N2O3. The molecule has 1 amide bonds. The molecule has 2 N–H and O–H groups in total. The number of anilines is 1. The summed E-state index contributed by atoms with van der Waals surface area (Å²) >= 11 is 0. The number of nitrogens with one attached hydrogen (secondary N) is 1. The van der Waals surface area contributed by atoms with Gasteiger partial charge in [-0.05, 0) is 23.1 Å². The van der Waals surface area contributed by atoms with E-state index in [1.807, 2.05) is 30.3 Å². The molecule has 0 spiro atoms. The van der Waals surface area contributed by atoms with Gasteiger partial charge in [0.25, 0.3) is 0 Å². The van der Waals surface area contributed by atoms with Crippen LogP contribution in [0, 0.1) is 0 Å². The molecule has 0 atom stereocenters. The molecule has 0 saturated carbocycles. The van der Waals surface area contributed by atoms with Gasteiger partial charge in [-0.15, -0.1) is 0 Å². The summed E-state index contributed by atoms with van der Waals surface area (Å²) in [5, 5.41) is 14.0. The molecule has 3 rings (SSSR count). The highest BCUT2D eigenvalue weighted by Gasteiger charge is 2.11. The lowest BCUT2D eigenvalue weighted by Crippen LogP contribution is -2.14. The fraction of sp³-hybridized carbons (Fsp3) is 0.0588. The number of phenols is 1. The number of fused-ring (bicyclic) bond motifs is 1. The van der Waals surface area contributed by atoms with Crippen molar-refractivity contribution in [3.05, 3.63) is 66.5 Å². The number of aromatic nitrogens is 1. The van der Waals surface area contributed by atoms with E-state index in [2.05, 4.69) is 10.3 Å². The number of hydrogen-bond donors (Lipinski definition) is 2. The zero-order valence-corrected chi connectivity index (χ0v) is 11.7. The summed E-state index contributed by atoms with van der Waals surface area (Å²) in [5.74, 6) is -0.0304. The third-order valence-corrected chi connectivity index (χ3v) is 3.24. The van der Waals surface area contributed by atoms with E-state index in [4.69, 9.17) is 4.74 Å². The van der Waals surface area contributed by atoms with Crippen molar-refractivity contribution in [2.75, 3.05) is 5.32 Å². The van der Waals surface area contributed by atoms with Gasteiger partial charge >= 0.3 is 6.09 Å². The summed E-state index contributed by atoms with van der Waals surface area (Å²) in [6.45, 7) is 0.163. The molecule has 22 heavy (non-hydrogen) atoms. The number of ether oxygens (including phenoxy) is 1. The minimum absolute atomic E-state index is 0.0304. The van der Waals surface area contributed by atoms with Crippen LogP contribution in [0.4, 0.5) is 10.5 Å². The first kappa shape index (κ1) is 13.9. The maximum Gasteiger partial charge on any atom is 0.412 e. The van der Waals surface area contributed by atoms with Crippen LogP contribution in [0.2, 0.25) is 0 Å². The quantitative estimate of drug-likeness (QED) is 0.723. The highest BCUT2D eigenvalue weighted by atomic mass is 16.5. The highest BCUT2D eigenvalue weighted by Crippen LogP contribution is 2.31. The van der Waals surface area contributed by atoms with E-state index in [9.17, 15) is 9.90 Å². The van der Waals surface area contributed by atoms with Gasteiger partial charge in [0.15, 0.2) is 0 Å².